The highest BCUT2D eigenvalue weighted by Crippen LogP contribution is 2.29. The van der Waals surface area contributed by atoms with Gasteiger partial charge in [0.15, 0.2) is 0 Å². The predicted octanol–water partition coefficient (Wildman–Crippen LogP) is 4.54. The molecule has 0 saturated heterocycles. The number of halogens is 3. The lowest BCUT2D eigenvalue weighted by molar-refractivity contribution is -0.137. The molecule has 0 radical (unpaired) electrons. The van der Waals surface area contributed by atoms with E-state index < -0.39 is 11.7 Å². The van der Waals surface area contributed by atoms with Gasteiger partial charge < -0.3 is 4.90 Å². The first kappa shape index (κ1) is 18.0. The summed E-state index contributed by atoms with van der Waals surface area (Å²) in [5.41, 5.74) is 3.11. The minimum Gasteiger partial charge on any atom is -0.355 e. The number of benzene rings is 1. The van der Waals surface area contributed by atoms with Crippen LogP contribution < -0.4 is 4.90 Å². The second-order valence-corrected chi connectivity index (χ2v) is 6.16. The van der Waals surface area contributed by atoms with Crippen LogP contribution in [-0.2, 0) is 12.7 Å². The number of nitrogens with zero attached hydrogens (tertiary/aromatic N) is 4. The number of aromatic nitrogens is 3. The maximum absolute atomic E-state index is 12.7. The Morgan fingerprint density at radius 1 is 1.04 bits per heavy atom. The van der Waals surface area contributed by atoms with E-state index in [-0.39, 0.29) is 0 Å². The Balaban J connectivity index is 1.84. The first-order chi connectivity index (χ1) is 12.3. The molecule has 0 saturated carbocycles. The Bertz CT molecular complexity index is 884. The van der Waals surface area contributed by atoms with Gasteiger partial charge in [0, 0.05) is 31.0 Å². The summed E-state index contributed by atoms with van der Waals surface area (Å²) in [6, 6.07) is 12.2. The summed E-state index contributed by atoms with van der Waals surface area (Å²) in [6.07, 6.45) is -3.52. The smallest absolute Gasteiger partial charge is 0.355 e. The maximum Gasteiger partial charge on any atom is 0.417 e. The standard InChI is InChI=1S/C19H19F3N4/c1-13-17(14(2)26(24-13)16-7-5-4-6-8-16)12-25(3)18-10-9-15(11-23-18)19(20,21)22/h4-11H,12H2,1-3H3. The SMILES string of the molecule is Cc1nn(-c2ccccc2)c(C)c1CN(C)c1ccc(C(F)(F)F)cn1. The van der Waals surface area contributed by atoms with Gasteiger partial charge in [-0.15, -0.1) is 0 Å². The van der Waals surface area contributed by atoms with E-state index in [0.717, 1.165) is 34.9 Å². The van der Waals surface area contributed by atoms with E-state index in [2.05, 4.69) is 10.1 Å². The maximum atomic E-state index is 12.7. The lowest BCUT2D eigenvalue weighted by Gasteiger charge is -2.19. The van der Waals surface area contributed by atoms with Gasteiger partial charge in [0.05, 0.1) is 16.9 Å². The van der Waals surface area contributed by atoms with Crippen molar-refractivity contribution in [3.8, 4) is 5.69 Å². The summed E-state index contributed by atoms with van der Waals surface area (Å²) in [7, 11) is 1.80. The van der Waals surface area contributed by atoms with Crippen LogP contribution in [0.2, 0.25) is 0 Å². The quantitative estimate of drug-likeness (QED) is 0.685. The van der Waals surface area contributed by atoms with Crippen LogP contribution >= 0.6 is 0 Å². The van der Waals surface area contributed by atoms with Gasteiger partial charge in [0.25, 0.3) is 0 Å². The molecule has 0 fully saturated rings. The number of alkyl halides is 3. The molecule has 3 aromatic rings. The molecule has 0 amide bonds. The van der Waals surface area contributed by atoms with Crippen molar-refractivity contribution in [2.24, 2.45) is 0 Å². The van der Waals surface area contributed by atoms with Crippen molar-refractivity contribution in [3.63, 3.8) is 0 Å². The normalized spacial score (nSPS) is 11.6. The Labute approximate surface area is 149 Å². The summed E-state index contributed by atoms with van der Waals surface area (Å²) >= 11 is 0. The molecule has 26 heavy (non-hydrogen) atoms. The second-order valence-electron chi connectivity index (χ2n) is 6.16. The molecule has 136 valence electrons. The van der Waals surface area contributed by atoms with Crippen molar-refractivity contribution in [2.45, 2.75) is 26.6 Å². The van der Waals surface area contributed by atoms with Crippen LogP contribution in [0.4, 0.5) is 19.0 Å². The summed E-state index contributed by atoms with van der Waals surface area (Å²) in [6.45, 7) is 4.41. The Kier molecular flexibility index (Phi) is 4.71. The predicted molar refractivity (Wildman–Crippen MR) is 94.4 cm³/mol. The molecule has 0 N–H and O–H groups in total. The van der Waals surface area contributed by atoms with Crippen LogP contribution in [-0.4, -0.2) is 21.8 Å². The van der Waals surface area contributed by atoms with Gasteiger partial charge in [-0.2, -0.15) is 18.3 Å². The average Bonchev–Trinajstić information content (AvgIpc) is 2.90. The molecule has 1 aromatic carbocycles. The number of para-hydroxylation sites is 1. The zero-order chi connectivity index (χ0) is 18.9. The minimum atomic E-state index is -4.38. The summed E-state index contributed by atoms with van der Waals surface area (Å²) in [5, 5.41) is 4.59. The number of hydrogen-bond donors (Lipinski definition) is 0. The number of hydrogen-bond acceptors (Lipinski definition) is 3. The highest BCUT2D eigenvalue weighted by molar-refractivity contribution is 5.43. The van der Waals surface area contributed by atoms with E-state index in [1.165, 1.54) is 6.07 Å². The van der Waals surface area contributed by atoms with Gasteiger partial charge in [0.2, 0.25) is 0 Å². The summed E-state index contributed by atoms with van der Waals surface area (Å²) < 4.78 is 39.9. The van der Waals surface area contributed by atoms with Gasteiger partial charge in [-0.1, -0.05) is 18.2 Å². The topological polar surface area (TPSA) is 34.0 Å². The Morgan fingerprint density at radius 3 is 2.31 bits per heavy atom. The average molecular weight is 360 g/mol. The van der Waals surface area contributed by atoms with Crippen molar-refractivity contribution in [2.75, 3.05) is 11.9 Å². The first-order valence-electron chi connectivity index (χ1n) is 8.12. The highest BCUT2D eigenvalue weighted by atomic mass is 19.4. The third kappa shape index (κ3) is 3.56. The minimum absolute atomic E-state index is 0.476. The molecule has 0 aliphatic heterocycles. The number of aryl methyl sites for hydroxylation is 1. The summed E-state index contributed by atoms with van der Waals surface area (Å²) in [4.78, 5) is 5.76. The van der Waals surface area contributed by atoms with Crippen LogP contribution in [0.3, 0.4) is 0 Å². The zero-order valence-corrected chi connectivity index (χ0v) is 14.7. The van der Waals surface area contributed by atoms with Crippen molar-refractivity contribution in [1.82, 2.24) is 14.8 Å². The Morgan fingerprint density at radius 2 is 1.73 bits per heavy atom. The van der Waals surface area contributed by atoms with Crippen molar-refractivity contribution < 1.29 is 13.2 Å². The van der Waals surface area contributed by atoms with Gasteiger partial charge in [-0.3, -0.25) is 0 Å². The molecule has 7 heteroatoms. The lowest BCUT2D eigenvalue weighted by Crippen LogP contribution is -2.19. The molecular weight excluding hydrogens is 341 g/mol. The van der Waals surface area contributed by atoms with Crippen LogP contribution in [0.1, 0.15) is 22.5 Å². The van der Waals surface area contributed by atoms with Gasteiger partial charge in [-0.25, -0.2) is 9.67 Å². The third-order valence-corrected chi connectivity index (χ3v) is 4.30. The van der Waals surface area contributed by atoms with Crippen LogP contribution in [0.5, 0.6) is 0 Å². The molecule has 3 rings (SSSR count). The second kappa shape index (κ2) is 6.82. The van der Waals surface area contributed by atoms with Gasteiger partial charge in [-0.05, 0) is 38.1 Å². The number of anilines is 1. The van der Waals surface area contributed by atoms with Crippen molar-refractivity contribution in [3.05, 3.63) is 71.2 Å². The van der Waals surface area contributed by atoms with Gasteiger partial charge in [0.1, 0.15) is 5.82 Å². The van der Waals surface area contributed by atoms with E-state index in [0.29, 0.717) is 12.4 Å². The molecule has 0 atom stereocenters. The van der Waals surface area contributed by atoms with E-state index >= 15 is 0 Å². The zero-order valence-electron chi connectivity index (χ0n) is 14.7. The molecule has 0 aliphatic rings. The van der Waals surface area contributed by atoms with E-state index in [9.17, 15) is 13.2 Å². The lowest BCUT2D eigenvalue weighted by atomic mass is 10.2. The number of pyridine rings is 1. The van der Waals surface area contributed by atoms with Crippen molar-refractivity contribution >= 4 is 5.82 Å². The first-order valence-corrected chi connectivity index (χ1v) is 8.12. The van der Waals surface area contributed by atoms with Crippen LogP contribution in [0.25, 0.3) is 5.69 Å². The Hall–Kier alpha value is -2.83. The summed E-state index contributed by atoms with van der Waals surface area (Å²) in [5.74, 6) is 0.476. The highest BCUT2D eigenvalue weighted by Gasteiger charge is 2.30. The molecule has 0 unspecified atom stereocenters. The fraction of sp³-hybridized carbons (Fsp3) is 0.263. The van der Waals surface area contributed by atoms with Crippen LogP contribution in [0.15, 0.2) is 48.7 Å². The van der Waals surface area contributed by atoms with E-state index in [1.54, 1.807) is 7.05 Å². The molecule has 0 bridgehead atoms. The third-order valence-electron chi connectivity index (χ3n) is 4.30. The largest absolute Gasteiger partial charge is 0.417 e. The molecule has 2 aromatic heterocycles. The molecule has 4 nitrogen and oxygen atoms in total. The molecule has 2 heterocycles. The van der Waals surface area contributed by atoms with Crippen LogP contribution in [0, 0.1) is 13.8 Å². The molecule has 0 aliphatic carbocycles. The van der Waals surface area contributed by atoms with E-state index in [4.69, 9.17) is 0 Å². The van der Waals surface area contributed by atoms with E-state index in [1.807, 2.05) is 53.8 Å². The fourth-order valence-electron chi connectivity index (χ4n) is 2.82. The number of rotatable bonds is 4. The molecule has 0 spiro atoms. The van der Waals surface area contributed by atoms with Gasteiger partial charge >= 0.3 is 6.18 Å². The van der Waals surface area contributed by atoms with Crippen molar-refractivity contribution in [1.29, 1.82) is 0 Å². The fourth-order valence-corrected chi connectivity index (χ4v) is 2.82. The molecular formula is C19H19F3N4. The monoisotopic (exact) mass is 360 g/mol.